The minimum absolute atomic E-state index is 0.303. The van der Waals surface area contributed by atoms with Crippen molar-refractivity contribution in [1.29, 1.82) is 0 Å². The molecular formula is C20H26N2O2S. The highest BCUT2D eigenvalue weighted by atomic mass is 32.2. The molecule has 134 valence electrons. The van der Waals surface area contributed by atoms with Crippen molar-refractivity contribution in [3.05, 3.63) is 71.8 Å². The third-order valence-electron chi connectivity index (χ3n) is 5.28. The smallest absolute Gasteiger partial charge is 0.195 e. The van der Waals surface area contributed by atoms with E-state index in [0.717, 1.165) is 12.8 Å². The van der Waals surface area contributed by atoms with Gasteiger partial charge in [-0.1, -0.05) is 67.6 Å². The quantitative estimate of drug-likeness (QED) is 0.823. The predicted molar refractivity (Wildman–Crippen MR) is 102 cm³/mol. The van der Waals surface area contributed by atoms with Gasteiger partial charge < -0.3 is 0 Å². The van der Waals surface area contributed by atoms with Gasteiger partial charge in [0, 0.05) is 32.1 Å². The largest absolute Gasteiger partial charge is 0.281 e. The number of benzene rings is 2. The number of piperidine rings is 1. The maximum Gasteiger partial charge on any atom is 0.281 e. The van der Waals surface area contributed by atoms with Crippen LogP contribution in [0.2, 0.25) is 0 Å². The SMILES string of the molecule is CCN(C)S(=O)(=O)N1CCCC(c2ccccc2)(c2ccccc2)C1. The minimum Gasteiger partial charge on any atom is -0.195 e. The molecule has 1 aliphatic heterocycles. The Bertz CT molecular complexity index is 751. The van der Waals surface area contributed by atoms with E-state index in [-0.39, 0.29) is 5.41 Å². The van der Waals surface area contributed by atoms with Crippen LogP contribution < -0.4 is 0 Å². The molecule has 1 heterocycles. The molecular weight excluding hydrogens is 332 g/mol. The summed E-state index contributed by atoms with van der Waals surface area (Å²) < 4.78 is 28.9. The van der Waals surface area contributed by atoms with E-state index in [4.69, 9.17) is 0 Å². The van der Waals surface area contributed by atoms with Gasteiger partial charge in [-0.2, -0.15) is 17.0 Å². The molecule has 2 aromatic carbocycles. The zero-order chi connectivity index (χ0) is 17.9. The van der Waals surface area contributed by atoms with Crippen LogP contribution >= 0.6 is 0 Å². The van der Waals surface area contributed by atoms with Gasteiger partial charge in [-0.3, -0.25) is 0 Å². The molecule has 0 radical (unpaired) electrons. The Morgan fingerprint density at radius 3 is 2.00 bits per heavy atom. The maximum absolute atomic E-state index is 12.9. The average Bonchev–Trinajstić information content (AvgIpc) is 2.68. The third kappa shape index (κ3) is 3.36. The molecule has 0 aromatic heterocycles. The second kappa shape index (κ2) is 7.28. The molecule has 2 aromatic rings. The van der Waals surface area contributed by atoms with Crippen molar-refractivity contribution < 1.29 is 8.42 Å². The maximum atomic E-state index is 12.9. The summed E-state index contributed by atoms with van der Waals surface area (Å²) in [6, 6.07) is 20.6. The van der Waals surface area contributed by atoms with Gasteiger partial charge in [-0.05, 0) is 24.0 Å². The lowest BCUT2D eigenvalue weighted by Gasteiger charge is -2.44. The van der Waals surface area contributed by atoms with Crippen LogP contribution in [0.1, 0.15) is 30.9 Å². The second-order valence-electron chi connectivity index (χ2n) is 6.67. The third-order valence-corrected chi connectivity index (χ3v) is 7.29. The molecule has 1 aliphatic rings. The van der Waals surface area contributed by atoms with E-state index in [9.17, 15) is 8.42 Å². The van der Waals surface area contributed by atoms with E-state index in [1.165, 1.54) is 15.4 Å². The topological polar surface area (TPSA) is 40.6 Å². The predicted octanol–water partition coefficient (Wildman–Crippen LogP) is 3.27. The summed E-state index contributed by atoms with van der Waals surface area (Å²) >= 11 is 0. The van der Waals surface area contributed by atoms with Crippen LogP contribution in [0.5, 0.6) is 0 Å². The van der Waals surface area contributed by atoms with Gasteiger partial charge in [0.1, 0.15) is 0 Å². The molecule has 0 spiro atoms. The Morgan fingerprint density at radius 1 is 1.00 bits per heavy atom. The van der Waals surface area contributed by atoms with Crippen molar-refractivity contribution >= 4 is 10.2 Å². The molecule has 0 aliphatic carbocycles. The molecule has 0 bridgehead atoms. The molecule has 1 saturated heterocycles. The van der Waals surface area contributed by atoms with Crippen LogP contribution in [0.15, 0.2) is 60.7 Å². The first-order valence-corrected chi connectivity index (χ1v) is 10.2. The van der Waals surface area contributed by atoms with Crippen molar-refractivity contribution in [2.45, 2.75) is 25.2 Å². The van der Waals surface area contributed by atoms with Gasteiger partial charge in [-0.15, -0.1) is 0 Å². The highest BCUT2D eigenvalue weighted by molar-refractivity contribution is 7.86. The van der Waals surface area contributed by atoms with Crippen LogP contribution in [-0.2, 0) is 15.6 Å². The summed E-state index contributed by atoms with van der Waals surface area (Å²) in [4.78, 5) is 0. The van der Waals surface area contributed by atoms with Gasteiger partial charge in [-0.25, -0.2) is 0 Å². The van der Waals surface area contributed by atoms with Crippen LogP contribution in [0.25, 0.3) is 0 Å². The molecule has 3 rings (SSSR count). The zero-order valence-corrected chi connectivity index (χ0v) is 15.7. The normalized spacial score (nSPS) is 18.4. The van der Waals surface area contributed by atoms with Crippen LogP contribution in [0.4, 0.5) is 0 Å². The highest BCUT2D eigenvalue weighted by Gasteiger charge is 2.42. The van der Waals surface area contributed by atoms with Gasteiger partial charge in [0.05, 0.1) is 0 Å². The van der Waals surface area contributed by atoms with Gasteiger partial charge in [0.25, 0.3) is 10.2 Å². The van der Waals surface area contributed by atoms with Crippen molar-refractivity contribution in [3.8, 4) is 0 Å². The number of nitrogens with zero attached hydrogens (tertiary/aromatic N) is 2. The molecule has 5 heteroatoms. The van der Waals surface area contributed by atoms with E-state index in [1.807, 2.05) is 43.3 Å². The second-order valence-corrected chi connectivity index (χ2v) is 8.71. The fraction of sp³-hybridized carbons (Fsp3) is 0.400. The number of hydrogen-bond donors (Lipinski definition) is 0. The fourth-order valence-corrected chi connectivity index (χ4v) is 5.19. The summed E-state index contributed by atoms with van der Waals surface area (Å²) in [5, 5.41) is 0. The Morgan fingerprint density at radius 2 is 1.52 bits per heavy atom. The first-order chi connectivity index (χ1) is 12.0. The highest BCUT2D eigenvalue weighted by Crippen LogP contribution is 2.41. The Balaban J connectivity index is 2.07. The molecule has 0 saturated carbocycles. The lowest BCUT2D eigenvalue weighted by atomic mass is 9.70. The average molecular weight is 359 g/mol. The van der Waals surface area contributed by atoms with Crippen molar-refractivity contribution in [2.24, 2.45) is 0 Å². The first-order valence-electron chi connectivity index (χ1n) is 8.83. The summed E-state index contributed by atoms with van der Waals surface area (Å²) in [6.07, 6.45) is 1.80. The molecule has 4 nitrogen and oxygen atoms in total. The van der Waals surface area contributed by atoms with E-state index in [0.29, 0.717) is 19.6 Å². The Kier molecular flexibility index (Phi) is 5.27. The van der Waals surface area contributed by atoms with Crippen molar-refractivity contribution in [2.75, 3.05) is 26.7 Å². The van der Waals surface area contributed by atoms with Crippen molar-refractivity contribution in [3.63, 3.8) is 0 Å². The molecule has 0 atom stereocenters. The molecule has 0 N–H and O–H groups in total. The van der Waals surface area contributed by atoms with E-state index >= 15 is 0 Å². The first kappa shape index (κ1) is 18.1. The van der Waals surface area contributed by atoms with Gasteiger partial charge in [0.15, 0.2) is 0 Å². The van der Waals surface area contributed by atoms with E-state index < -0.39 is 10.2 Å². The summed E-state index contributed by atoms with van der Waals surface area (Å²) in [5.41, 5.74) is 2.06. The van der Waals surface area contributed by atoms with Gasteiger partial charge >= 0.3 is 0 Å². The lowest BCUT2D eigenvalue weighted by molar-refractivity contribution is 0.244. The standard InChI is InChI=1S/C20H26N2O2S/c1-3-21(2)25(23,24)22-16-10-15-20(17-22,18-11-6-4-7-12-18)19-13-8-5-9-14-19/h4-9,11-14H,3,10,15-17H2,1-2H3. The van der Waals surface area contributed by atoms with Crippen LogP contribution in [0.3, 0.4) is 0 Å². The fourth-order valence-electron chi connectivity index (χ4n) is 3.73. The number of rotatable bonds is 5. The monoisotopic (exact) mass is 358 g/mol. The minimum atomic E-state index is -3.43. The lowest BCUT2D eigenvalue weighted by Crippen LogP contribution is -2.52. The zero-order valence-electron chi connectivity index (χ0n) is 14.9. The van der Waals surface area contributed by atoms with Crippen LogP contribution in [-0.4, -0.2) is 43.7 Å². The molecule has 0 unspecified atom stereocenters. The van der Waals surface area contributed by atoms with E-state index in [2.05, 4.69) is 24.3 Å². The summed E-state index contributed by atoms with van der Waals surface area (Å²) in [5.74, 6) is 0. The molecule has 25 heavy (non-hydrogen) atoms. The Labute approximate surface area is 151 Å². The van der Waals surface area contributed by atoms with Gasteiger partial charge in [0.2, 0.25) is 0 Å². The molecule has 0 amide bonds. The molecule has 1 fully saturated rings. The summed E-state index contributed by atoms with van der Waals surface area (Å²) in [6.45, 7) is 3.40. The Hall–Kier alpha value is -1.69. The van der Waals surface area contributed by atoms with E-state index in [1.54, 1.807) is 11.4 Å². The summed E-state index contributed by atoms with van der Waals surface area (Å²) in [7, 11) is -1.78. The number of hydrogen-bond acceptors (Lipinski definition) is 2. The van der Waals surface area contributed by atoms with Crippen LogP contribution in [0, 0.1) is 0 Å². The van der Waals surface area contributed by atoms with Crippen molar-refractivity contribution in [1.82, 2.24) is 8.61 Å².